The van der Waals surface area contributed by atoms with Crippen molar-refractivity contribution in [2.75, 3.05) is 0 Å². The summed E-state index contributed by atoms with van der Waals surface area (Å²) in [6.45, 7) is 3.98. The highest BCUT2D eigenvalue weighted by Crippen LogP contribution is 2.32. The number of benzene rings is 1. The number of carboxylic acid groups (broad SMARTS) is 1. The van der Waals surface area contributed by atoms with Crippen molar-refractivity contribution < 1.29 is 24.7 Å². The molecule has 134 valence electrons. The van der Waals surface area contributed by atoms with Crippen molar-refractivity contribution in [2.45, 2.75) is 52.1 Å². The van der Waals surface area contributed by atoms with Crippen LogP contribution in [0.1, 0.15) is 43.4 Å². The molecule has 2 aromatic rings. The molecule has 0 unspecified atom stereocenters. The highest BCUT2D eigenvalue weighted by molar-refractivity contribution is 5.86. The fourth-order valence-corrected chi connectivity index (χ4v) is 3.65. The number of hydrogen-bond acceptors (Lipinski definition) is 5. The van der Waals surface area contributed by atoms with Crippen molar-refractivity contribution in [3.8, 4) is 5.75 Å². The summed E-state index contributed by atoms with van der Waals surface area (Å²) in [4.78, 5) is 23.6. The molecule has 1 heterocycles. The summed E-state index contributed by atoms with van der Waals surface area (Å²) in [5.41, 5.74) is 2.18. The zero-order valence-electron chi connectivity index (χ0n) is 14.5. The lowest BCUT2D eigenvalue weighted by molar-refractivity contribution is -0.704. The number of aromatic hydroxyl groups is 1. The Balaban J connectivity index is 2.01. The van der Waals surface area contributed by atoms with Crippen LogP contribution in [0.25, 0.3) is 11.0 Å². The Kier molecular flexibility index (Phi) is 4.81. The van der Waals surface area contributed by atoms with Gasteiger partial charge in [0.05, 0.1) is 11.5 Å². The molecule has 0 fully saturated rings. The fraction of sp³-hybridized carbons (Fsp3) is 0.474. The molecule has 0 aliphatic heterocycles. The van der Waals surface area contributed by atoms with Crippen LogP contribution >= 0.6 is 0 Å². The molecule has 2 atom stereocenters. The van der Waals surface area contributed by atoms with Gasteiger partial charge in [-0.1, -0.05) is 13.8 Å². The molecule has 1 aliphatic rings. The van der Waals surface area contributed by atoms with E-state index in [2.05, 4.69) is 0 Å². The van der Waals surface area contributed by atoms with E-state index < -0.39 is 12.0 Å². The largest absolute Gasteiger partial charge is 0.544 e. The average molecular weight is 345 g/mol. The summed E-state index contributed by atoms with van der Waals surface area (Å²) in [5, 5.41) is 24.1. The summed E-state index contributed by atoms with van der Waals surface area (Å²) in [7, 11) is 0. The molecule has 0 bridgehead atoms. The maximum atomic E-state index is 12.2. The van der Waals surface area contributed by atoms with Crippen LogP contribution in [0.15, 0.2) is 21.3 Å². The van der Waals surface area contributed by atoms with Crippen molar-refractivity contribution in [3.63, 3.8) is 0 Å². The highest BCUT2D eigenvalue weighted by Gasteiger charge is 2.25. The molecule has 6 heteroatoms. The van der Waals surface area contributed by atoms with Crippen LogP contribution in [0, 0.1) is 5.92 Å². The lowest BCUT2D eigenvalue weighted by atomic mass is 9.98. The molecule has 1 aromatic heterocycles. The number of phenols is 1. The van der Waals surface area contributed by atoms with Gasteiger partial charge < -0.3 is 24.7 Å². The molecule has 0 saturated heterocycles. The summed E-state index contributed by atoms with van der Waals surface area (Å²) >= 11 is 0. The molecule has 0 saturated carbocycles. The Morgan fingerprint density at radius 3 is 2.76 bits per heavy atom. The molecule has 6 nitrogen and oxygen atoms in total. The molecule has 0 radical (unpaired) electrons. The van der Waals surface area contributed by atoms with E-state index in [0.29, 0.717) is 17.6 Å². The number of fused-ring (bicyclic) bond motifs is 3. The van der Waals surface area contributed by atoms with Crippen LogP contribution in [-0.2, 0) is 24.2 Å². The fourth-order valence-electron chi connectivity index (χ4n) is 3.65. The lowest BCUT2D eigenvalue weighted by Crippen LogP contribution is -2.93. The van der Waals surface area contributed by atoms with Crippen molar-refractivity contribution in [1.82, 2.24) is 0 Å². The minimum absolute atomic E-state index is 0.00564. The van der Waals surface area contributed by atoms with Gasteiger partial charge in [0.2, 0.25) is 0 Å². The number of hydrogen-bond donors (Lipinski definition) is 2. The Morgan fingerprint density at radius 1 is 1.36 bits per heavy atom. The molecule has 3 rings (SSSR count). The number of carboxylic acids is 1. The minimum Gasteiger partial charge on any atom is -0.544 e. The van der Waals surface area contributed by atoms with Crippen LogP contribution in [0.2, 0.25) is 0 Å². The highest BCUT2D eigenvalue weighted by atomic mass is 16.4. The van der Waals surface area contributed by atoms with Gasteiger partial charge in [-0.05, 0) is 43.4 Å². The topological polar surface area (TPSA) is 107 Å². The molecule has 0 spiro atoms. The average Bonchev–Trinajstić information content (AvgIpc) is 3.07. The maximum absolute atomic E-state index is 12.2. The van der Waals surface area contributed by atoms with Gasteiger partial charge in [-0.2, -0.15) is 0 Å². The van der Waals surface area contributed by atoms with Crippen molar-refractivity contribution in [3.05, 3.63) is 39.2 Å². The van der Waals surface area contributed by atoms with E-state index in [-0.39, 0.29) is 23.8 Å². The number of carbonyl (C=O) groups excluding carboxylic acids is 1. The molecule has 1 aliphatic carbocycles. The van der Waals surface area contributed by atoms with Crippen LogP contribution in [0.3, 0.4) is 0 Å². The first-order chi connectivity index (χ1) is 11.9. The van der Waals surface area contributed by atoms with E-state index in [1.54, 1.807) is 17.4 Å². The quantitative estimate of drug-likeness (QED) is 0.728. The van der Waals surface area contributed by atoms with Gasteiger partial charge in [0.25, 0.3) is 0 Å². The van der Waals surface area contributed by atoms with E-state index in [9.17, 15) is 19.8 Å². The van der Waals surface area contributed by atoms with Crippen LogP contribution in [0.5, 0.6) is 5.75 Å². The summed E-state index contributed by atoms with van der Waals surface area (Å²) in [5.74, 6) is -1.19. The third-order valence-electron chi connectivity index (χ3n) is 5.32. The molecule has 1 aromatic carbocycles. The maximum Gasteiger partial charge on any atom is 0.339 e. The number of nitrogens with two attached hydrogens (primary N) is 1. The number of carbonyl (C=O) groups is 1. The monoisotopic (exact) mass is 345 g/mol. The van der Waals surface area contributed by atoms with Gasteiger partial charge in [-0.15, -0.1) is 0 Å². The number of phenolic OH excluding ortho intramolecular Hbond substituents is 1. The Hall–Kier alpha value is -2.34. The van der Waals surface area contributed by atoms with E-state index >= 15 is 0 Å². The third kappa shape index (κ3) is 3.14. The second-order valence-corrected chi connectivity index (χ2v) is 6.81. The Labute approximate surface area is 145 Å². The van der Waals surface area contributed by atoms with Crippen LogP contribution in [-0.4, -0.2) is 17.1 Å². The standard InChI is InChI=1S/C19H23NO5/c1-3-10(2)16(18(22)23)20-9-14-15(21)8-7-12-11-5-4-6-13(11)19(24)25-17(12)14/h7-8,10,16,20-21H,3-6,9H2,1-2H3,(H,22,23)/t10-,16-/m0/s1. The smallest absolute Gasteiger partial charge is 0.339 e. The van der Waals surface area contributed by atoms with E-state index in [1.807, 2.05) is 13.8 Å². The predicted molar refractivity (Wildman–Crippen MR) is 90.1 cm³/mol. The van der Waals surface area contributed by atoms with Crippen LogP contribution < -0.4 is 16.0 Å². The van der Waals surface area contributed by atoms with Crippen LogP contribution in [0.4, 0.5) is 0 Å². The van der Waals surface area contributed by atoms with E-state index in [1.165, 1.54) is 0 Å². The van der Waals surface area contributed by atoms with Gasteiger partial charge in [0.1, 0.15) is 18.3 Å². The lowest BCUT2D eigenvalue weighted by Gasteiger charge is -2.22. The number of quaternary nitrogens is 1. The summed E-state index contributed by atoms with van der Waals surface area (Å²) in [6, 6.07) is 2.63. The molecular formula is C19H23NO5. The first-order valence-corrected chi connectivity index (χ1v) is 8.77. The molecule has 0 amide bonds. The van der Waals surface area contributed by atoms with Crippen molar-refractivity contribution in [2.24, 2.45) is 5.92 Å². The number of aliphatic carboxylic acids is 1. The number of rotatable bonds is 6. The molecular weight excluding hydrogens is 322 g/mol. The summed E-state index contributed by atoms with van der Waals surface area (Å²) in [6.07, 6.45) is 3.16. The zero-order valence-corrected chi connectivity index (χ0v) is 14.5. The first-order valence-electron chi connectivity index (χ1n) is 8.77. The normalized spacial score (nSPS) is 15.9. The van der Waals surface area contributed by atoms with Gasteiger partial charge in [-0.3, -0.25) is 0 Å². The second kappa shape index (κ2) is 6.88. The minimum atomic E-state index is -1.13. The van der Waals surface area contributed by atoms with Gasteiger partial charge >= 0.3 is 5.63 Å². The first kappa shape index (κ1) is 17.5. The van der Waals surface area contributed by atoms with Gasteiger partial charge in [0, 0.05) is 16.9 Å². The summed E-state index contributed by atoms with van der Waals surface area (Å²) < 4.78 is 5.50. The van der Waals surface area contributed by atoms with E-state index in [0.717, 1.165) is 35.8 Å². The third-order valence-corrected chi connectivity index (χ3v) is 5.32. The van der Waals surface area contributed by atoms with E-state index in [4.69, 9.17) is 4.42 Å². The van der Waals surface area contributed by atoms with Gasteiger partial charge in [-0.25, -0.2) is 4.79 Å². The number of aryl methyl sites for hydroxylation is 1. The SMILES string of the molecule is CC[C@H](C)[C@H]([NH2+]Cc1c(O)ccc2c3c(c(=O)oc12)CCC3)C(=O)[O-]. The predicted octanol–water partition coefficient (Wildman–Crippen LogP) is 0.215. The molecule has 3 N–H and O–H groups in total. The van der Waals surface area contributed by atoms with Gasteiger partial charge in [0.15, 0.2) is 5.58 Å². The second-order valence-electron chi connectivity index (χ2n) is 6.81. The van der Waals surface area contributed by atoms with Crippen molar-refractivity contribution in [1.29, 1.82) is 0 Å². The Morgan fingerprint density at radius 2 is 2.08 bits per heavy atom. The zero-order chi connectivity index (χ0) is 18.1. The molecule has 25 heavy (non-hydrogen) atoms. The Bertz CT molecular complexity index is 870. The van der Waals surface area contributed by atoms with Crippen molar-refractivity contribution >= 4 is 16.9 Å².